The molecule has 4 atom stereocenters. The van der Waals surface area contributed by atoms with E-state index in [0.717, 1.165) is 34.4 Å². The van der Waals surface area contributed by atoms with E-state index in [9.17, 15) is 9.59 Å². The fourth-order valence-electron chi connectivity index (χ4n) is 7.77. The third-order valence-electron chi connectivity index (χ3n) is 9.69. The first kappa shape index (κ1) is 28.8. The number of carbonyl (C=O) groups is 3. The van der Waals surface area contributed by atoms with Gasteiger partial charge in [0.05, 0.1) is 19.1 Å². The highest BCUT2D eigenvalue weighted by atomic mass is 16.5. The molecule has 0 aromatic heterocycles. The van der Waals surface area contributed by atoms with E-state index in [1.165, 1.54) is 0 Å². The van der Waals surface area contributed by atoms with E-state index >= 15 is 4.79 Å². The number of hydrogen-bond donors (Lipinski definition) is 1. The van der Waals surface area contributed by atoms with E-state index < -0.39 is 23.4 Å². The molecule has 3 heterocycles. The lowest BCUT2D eigenvalue weighted by atomic mass is 9.64. The molecule has 0 aliphatic carbocycles. The van der Waals surface area contributed by atoms with Crippen LogP contribution in [0.4, 0.5) is 11.4 Å². The predicted octanol–water partition coefficient (Wildman–Crippen LogP) is 7.14. The van der Waals surface area contributed by atoms with Gasteiger partial charge in [-0.05, 0) is 72.4 Å². The number of anilines is 2. The first-order valence-electron chi connectivity index (χ1n) is 15.5. The van der Waals surface area contributed by atoms with Crippen LogP contribution in [-0.4, -0.2) is 36.7 Å². The molecule has 4 aromatic carbocycles. The second-order valence-corrected chi connectivity index (χ2v) is 12.8. The molecule has 4 aromatic rings. The number of Topliss-reactive ketones (excluding diaryl/α,β-unsaturated/α-hetero) is 2. The van der Waals surface area contributed by atoms with Gasteiger partial charge in [-0.3, -0.25) is 14.4 Å². The molecule has 7 rings (SSSR count). The first-order chi connectivity index (χ1) is 21.7. The number of ether oxygens (including phenoxy) is 1. The van der Waals surface area contributed by atoms with Gasteiger partial charge in [0.15, 0.2) is 11.6 Å². The Balaban J connectivity index is 1.49. The number of carbonyl (C=O) groups excluding carboxylic acids is 3. The Morgan fingerprint density at radius 1 is 0.867 bits per heavy atom. The van der Waals surface area contributed by atoms with Crippen molar-refractivity contribution in [2.75, 3.05) is 17.3 Å². The molecule has 1 saturated heterocycles. The summed E-state index contributed by atoms with van der Waals surface area (Å²) in [6, 6.07) is 28.7. The minimum absolute atomic E-state index is 0.214. The Morgan fingerprint density at radius 2 is 1.51 bits per heavy atom. The van der Waals surface area contributed by atoms with Crippen molar-refractivity contribution in [3.63, 3.8) is 0 Å². The average molecular weight is 597 g/mol. The molecule has 0 unspecified atom stereocenters. The summed E-state index contributed by atoms with van der Waals surface area (Å²) < 4.78 is 5.36. The number of fused-ring (bicyclic) bond motifs is 6. The molecular weight excluding hydrogens is 560 g/mol. The summed E-state index contributed by atoms with van der Waals surface area (Å²) in [5, 5.41) is 3.11. The van der Waals surface area contributed by atoms with Crippen LogP contribution in [0.1, 0.15) is 58.2 Å². The molecule has 1 fully saturated rings. The summed E-state index contributed by atoms with van der Waals surface area (Å²) in [5.41, 5.74) is 4.99. The van der Waals surface area contributed by atoms with Gasteiger partial charge < -0.3 is 15.0 Å². The molecule has 45 heavy (non-hydrogen) atoms. The van der Waals surface area contributed by atoms with Crippen molar-refractivity contribution in [1.29, 1.82) is 0 Å². The van der Waals surface area contributed by atoms with Crippen molar-refractivity contribution in [2.45, 2.75) is 44.7 Å². The molecule has 6 nitrogen and oxygen atoms in total. The molecule has 3 aliphatic heterocycles. The first-order valence-corrected chi connectivity index (χ1v) is 15.5. The molecule has 1 amide bonds. The molecule has 6 heteroatoms. The van der Waals surface area contributed by atoms with Crippen LogP contribution in [0, 0.1) is 11.8 Å². The number of nitrogens with one attached hydrogen (secondary N) is 1. The van der Waals surface area contributed by atoms with E-state index in [4.69, 9.17) is 4.74 Å². The summed E-state index contributed by atoms with van der Waals surface area (Å²) in [4.78, 5) is 46.6. The zero-order chi connectivity index (χ0) is 31.5. The Bertz CT molecular complexity index is 1860. The van der Waals surface area contributed by atoms with Crippen molar-refractivity contribution in [3.05, 3.63) is 131 Å². The number of nitrogens with zero attached hydrogens (tertiary/aromatic N) is 1. The highest BCUT2D eigenvalue weighted by Crippen LogP contribution is 2.58. The van der Waals surface area contributed by atoms with E-state index in [2.05, 4.69) is 25.2 Å². The fraction of sp³-hybridized carbons (Fsp3) is 0.256. The highest BCUT2D eigenvalue weighted by Gasteiger charge is 2.70. The van der Waals surface area contributed by atoms with Crippen molar-refractivity contribution >= 4 is 34.4 Å². The molecule has 3 aliphatic rings. The van der Waals surface area contributed by atoms with E-state index in [1.54, 1.807) is 31.4 Å². The molecule has 1 spiro atoms. The molecular formula is C39H36N2O4. The van der Waals surface area contributed by atoms with Crippen molar-refractivity contribution in [1.82, 2.24) is 0 Å². The van der Waals surface area contributed by atoms with Crippen LogP contribution in [-0.2, 0) is 16.6 Å². The fourth-order valence-corrected chi connectivity index (χ4v) is 7.77. The third-order valence-corrected chi connectivity index (χ3v) is 9.69. The zero-order valence-corrected chi connectivity index (χ0v) is 25.9. The monoisotopic (exact) mass is 596 g/mol. The summed E-state index contributed by atoms with van der Waals surface area (Å²) in [6.07, 6.45) is 2.98. The lowest BCUT2D eigenvalue weighted by molar-refractivity contribution is -0.121. The number of hydrogen-bond acceptors (Lipinski definition) is 5. The van der Waals surface area contributed by atoms with Crippen LogP contribution in [0.5, 0.6) is 5.75 Å². The van der Waals surface area contributed by atoms with Gasteiger partial charge in [-0.25, -0.2) is 0 Å². The largest absolute Gasteiger partial charge is 0.497 e. The second-order valence-electron chi connectivity index (χ2n) is 12.8. The number of rotatable bonds is 7. The number of ketones is 2. The Morgan fingerprint density at radius 3 is 2.22 bits per heavy atom. The maximum absolute atomic E-state index is 15.1. The minimum Gasteiger partial charge on any atom is -0.497 e. The van der Waals surface area contributed by atoms with Crippen LogP contribution in [0.3, 0.4) is 0 Å². The number of methoxy groups -OCH3 is 1. The predicted molar refractivity (Wildman–Crippen MR) is 177 cm³/mol. The van der Waals surface area contributed by atoms with Gasteiger partial charge in [0.2, 0.25) is 5.91 Å². The topological polar surface area (TPSA) is 75.7 Å². The summed E-state index contributed by atoms with van der Waals surface area (Å²) in [5.74, 6) is -0.598. The van der Waals surface area contributed by atoms with Crippen LogP contribution in [0.25, 0.3) is 5.57 Å². The second kappa shape index (κ2) is 10.9. The molecule has 226 valence electrons. The van der Waals surface area contributed by atoms with Crippen molar-refractivity contribution in [3.8, 4) is 5.75 Å². The lowest BCUT2D eigenvalue weighted by Gasteiger charge is -2.39. The Kier molecular flexibility index (Phi) is 6.96. The van der Waals surface area contributed by atoms with Crippen LogP contribution in [0.2, 0.25) is 0 Å². The minimum atomic E-state index is -1.34. The van der Waals surface area contributed by atoms with E-state index in [0.29, 0.717) is 28.5 Å². The van der Waals surface area contributed by atoms with Gasteiger partial charge >= 0.3 is 0 Å². The molecule has 1 N–H and O–H groups in total. The molecule has 0 bridgehead atoms. The quantitative estimate of drug-likeness (QED) is 0.230. The Labute approximate surface area is 263 Å². The highest BCUT2D eigenvalue weighted by molar-refractivity contribution is 6.18. The lowest BCUT2D eigenvalue weighted by Crippen LogP contribution is -2.51. The molecule has 0 radical (unpaired) electrons. The van der Waals surface area contributed by atoms with Gasteiger partial charge in [0.1, 0.15) is 17.2 Å². The Hall–Kier alpha value is -4.97. The van der Waals surface area contributed by atoms with Gasteiger partial charge in [0.25, 0.3) is 0 Å². The van der Waals surface area contributed by atoms with Crippen LogP contribution >= 0.6 is 0 Å². The van der Waals surface area contributed by atoms with Gasteiger partial charge in [-0.1, -0.05) is 80.6 Å². The van der Waals surface area contributed by atoms with Gasteiger partial charge in [0, 0.05) is 28.1 Å². The number of para-hydroxylation sites is 2. The maximum atomic E-state index is 15.1. The summed E-state index contributed by atoms with van der Waals surface area (Å²) in [7, 11) is 1.58. The van der Waals surface area contributed by atoms with Crippen LogP contribution < -0.4 is 15.0 Å². The zero-order valence-electron chi connectivity index (χ0n) is 25.9. The van der Waals surface area contributed by atoms with E-state index in [-0.39, 0.29) is 17.5 Å². The smallest absolute Gasteiger partial charge is 0.238 e. The third kappa shape index (κ3) is 4.34. The summed E-state index contributed by atoms with van der Waals surface area (Å²) >= 11 is 0. The number of amides is 1. The SMILES string of the molecule is COc1ccc(C(=O)[C@@H]2[C@@H](C(=O)c3ccc(CC(C)C)cc3)[C@]3(C(=O)Nc4ccccc43)[C@H]3C=C(C)c4ccccc4N23)cc1. The van der Waals surface area contributed by atoms with E-state index in [1.807, 2.05) is 84.6 Å². The van der Waals surface area contributed by atoms with Crippen molar-refractivity contribution in [2.24, 2.45) is 11.8 Å². The maximum Gasteiger partial charge on any atom is 0.238 e. The standard InChI is InChI=1S/C39H36N2O4/c1-23(2)21-25-13-15-26(16-14-25)36(42)34-35(37(43)27-17-19-28(45-4)20-18-27)41-32-12-8-5-9-29(32)24(3)22-33(41)39(34)30-10-6-7-11-31(30)40-38(39)44/h5-20,22-23,33-35H,21H2,1-4H3,(H,40,44)/t33-,34+,35+,39-/m1/s1. The van der Waals surface area contributed by atoms with Gasteiger partial charge in [-0.15, -0.1) is 0 Å². The van der Waals surface area contributed by atoms with Crippen molar-refractivity contribution < 1.29 is 19.1 Å². The normalized spacial score (nSPS) is 22.9. The van der Waals surface area contributed by atoms with Gasteiger partial charge in [-0.2, -0.15) is 0 Å². The average Bonchev–Trinajstić information content (AvgIpc) is 3.52. The number of benzene rings is 4. The summed E-state index contributed by atoms with van der Waals surface area (Å²) in [6.45, 7) is 6.36. The number of allylic oxidation sites excluding steroid dienone is 1. The molecule has 0 saturated carbocycles. The van der Waals surface area contributed by atoms with Crippen LogP contribution in [0.15, 0.2) is 103 Å².